The summed E-state index contributed by atoms with van der Waals surface area (Å²) in [6.07, 6.45) is 17.6. The van der Waals surface area contributed by atoms with E-state index in [0.29, 0.717) is 6.42 Å². The van der Waals surface area contributed by atoms with Crippen molar-refractivity contribution < 1.29 is 10.2 Å². The van der Waals surface area contributed by atoms with Crippen LogP contribution in [-0.2, 0) is 0 Å². The molecule has 0 bridgehead atoms. The number of hydrogen-bond donors (Lipinski definition) is 3. The molecule has 120 valence electrons. The number of nitrogens with one attached hydrogen (secondary N) is 1. The van der Waals surface area contributed by atoms with E-state index in [0.717, 1.165) is 32.4 Å². The van der Waals surface area contributed by atoms with E-state index in [2.05, 4.69) is 19.2 Å². The summed E-state index contributed by atoms with van der Waals surface area (Å²) < 4.78 is 0. The van der Waals surface area contributed by atoms with Gasteiger partial charge in [0.25, 0.3) is 0 Å². The molecule has 0 radical (unpaired) electrons. The van der Waals surface area contributed by atoms with Crippen LogP contribution in [0, 0.1) is 0 Å². The average molecular weight is 293 g/mol. The molecule has 0 aromatic carbocycles. The molecule has 0 aromatic heterocycles. The minimum atomic E-state index is -0.434. The van der Waals surface area contributed by atoms with Crippen molar-refractivity contribution in [2.75, 3.05) is 13.1 Å². The lowest BCUT2D eigenvalue weighted by molar-refractivity contribution is 0.211. The lowest BCUT2D eigenvalue weighted by atomic mass is 10.2. The molecule has 0 aromatic rings. The van der Waals surface area contributed by atoms with E-state index in [1.54, 1.807) is 12.2 Å². The van der Waals surface area contributed by atoms with E-state index < -0.39 is 12.2 Å². The Kier molecular flexibility index (Phi) is 14.4. The molecule has 3 N–H and O–H groups in total. The molecule has 3 heteroatoms. The highest BCUT2D eigenvalue weighted by atomic mass is 16.3. The highest BCUT2D eigenvalue weighted by molar-refractivity contribution is 5.13. The Morgan fingerprint density at radius 3 is 2.14 bits per heavy atom. The van der Waals surface area contributed by atoms with Crippen molar-refractivity contribution in [3.05, 3.63) is 48.6 Å². The Bertz CT molecular complexity index is 332. The van der Waals surface area contributed by atoms with Gasteiger partial charge in [-0.25, -0.2) is 0 Å². The summed E-state index contributed by atoms with van der Waals surface area (Å²) in [6.45, 7) is 6.03. The van der Waals surface area contributed by atoms with Crippen molar-refractivity contribution in [2.24, 2.45) is 0 Å². The maximum atomic E-state index is 9.69. The van der Waals surface area contributed by atoms with Crippen LogP contribution in [-0.4, -0.2) is 35.5 Å². The van der Waals surface area contributed by atoms with E-state index in [4.69, 9.17) is 0 Å². The Morgan fingerprint density at radius 1 is 0.857 bits per heavy atom. The summed E-state index contributed by atoms with van der Waals surface area (Å²) in [4.78, 5) is 0. The maximum Gasteiger partial charge on any atom is 0.0758 e. The second-order valence-corrected chi connectivity index (χ2v) is 4.94. The van der Waals surface area contributed by atoms with Gasteiger partial charge in [-0.3, -0.25) is 0 Å². The van der Waals surface area contributed by atoms with E-state index in [9.17, 15) is 10.2 Å². The third kappa shape index (κ3) is 15.1. The Balaban J connectivity index is 3.77. The maximum absolute atomic E-state index is 9.69. The molecule has 3 nitrogen and oxygen atoms in total. The zero-order valence-electron chi connectivity index (χ0n) is 13.4. The van der Waals surface area contributed by atoms with E-state index in [1.807, 2.05) is 36.5 Å². The Morgan fingerprint density at radius 2 is 1.52 bits per heavy atom. The smallest absolute Gasteiger partial charge is 0.0758 e. The van der Waals surface area contributed by atoms with Crippen molar-refractivity contribution in [2.45, 2.75) is 51.7 Å². The number of aliphatic hydroxyl groups is 2. The highest BCUT2D eigenvalue weighted by Gasteiger charge is 1.96. The molecule has 0 spiro atoms. The second-order valence-electron chi connectivity index (χ2n) is 4.94. The third-order valence-electron chi connectivity index (χ3n) is 2.82. The van der Waals surface area contributed by atoms with Gasteiger partial charge in [-0.2, -0.15) is 0 Å². The molecule has 0 aliphatic rings. The van der Waals surface area contributed by atoms with Gasteiger partial charge in [0.1, 0.15) is 0 Å². The lowest BCUT2D eigenvalue weighted by Gasteiger charge is -2.05. The van der Waals surface area contributed by atoms with Crippen molar-refractivity contribution in [3.8, 4) is 0 Å². The van der Waals surface area contributed by atoms with Crippen LogP contribution in [0.1, 0.15) is 39.5 Å². The first-order valence-corrected chi connectivity index (χ1v) is 7.94. The molecule has 0 amide bonds. The summed E-state index contributed by atoms with van der Waals surface area (Å²) in [5.74, 6) is 0. The van der Waals surface area contributed by atoms with Crippen LogP contribution in [0.25, 0.3) is 0 Å². The van der Waals surface area contributed by atoms with Crippen molar-refractivity contribution in [1.82, 2.24) is 5.32 Å². The molecule has 0 aliphatic heterocycles. The summed E-state index contributed by atoms with van der Waals surface area (Å²) in [5.41, 5.74) is 0. The summed E-state index contributed by atoms with van der Waals surface area (Å²) in [5, 5.41) is 22.6. The number of allylic oxidation sites excluding steroid dienone is 5. The molecule has 0 heterocycles. The molecule has 21 heavy (non-hydrogen) atoms. The number of rotatable bonds is 12. The molecule has 0 saturated heterocycles. The first-order chi connectivity index (χ1) is 10.2. The van der Waals surface area contributed by atoms with Gasteiger partial charge in [-0.15, -0.1) is 0 Å². The van der Waals surface area contributed by atoms with Gasteiger partial charge in [0.05, 0.1) is 12.2 Å². The number of aliphatic hydroxyl groups excluding tert-OH is 2. The largest absolute Gasteiger partial charge is 0.389 e. The fourth-order valence-electron chi connectivity index (χ4n) is 1.64. The molecule has 0 aliphatic carbocycles. The summed E-state index contributed by atoms with van der Waals surface area (Å²) >= 11 is 0. The van der Waals surface area contributed by atoms with E-state index in [-0.39, 0.29) is 0 Å². The average Bonchev–Trinajstić information content (AvgIpc) is 2.47. The van der Waals surface area contributed by atoms with Gasteiger partial charge in [0.15, 0.2) is 0 Å². The number of hydrogen-bond acceptors (Lipinski definition) is 3. The van der Waals surface area contributed by atoms with Crippen LogP contribution in [0.2, 0.25) is 0 Å². The Hall–Kier alpha value is -1.16. The molecular formula is C18H31NO2. The standard InChI is InChI=1S/C18H31NO2/c1-3-5-8-11-17(20)12-9-6-7-10-13-18(21)14-16-19-15-4-2/h5-10,12-13,17-21H,3-4,11,14-16H2,1-2H3/b7-6-,8-5-,12-9+,13-10+/t17-,18+/m0/s1. The molecular weight excluding hydrogens is 262 g/mol. The fraction of sp³-hybridized carbons (Fsp3) is 0.556. The van der Waals surface area contributed by atoms with Crippen LogP contribution < -0.4 is 5.32 Å². The monoisotopic (exact) mass is 293 g/mol. The van der Waals surface area contributed by atoms with Crippen LogP contribution in [0.3, 0.4) is 0 Å². The minimum absolute atomic E-state index is 0.409. The first-order valence-electron chi connectivity index (χ1n) is 7.94. The third-order valence-corrected chi connectivity index (χ3v) is 2.82. The molecule has 2 atom stereocenters. The Labute approximate surface area is 129 Å². The molecule has 0 saturated carbocycles. The van der Waals surface area contributed by atoms with Crippen molar-refractivity contribution in [3.63, 3.8) is 0 Å². The topological polar surface area (TPSA) is 52.5 Å². The van der Waals surface area contributed by atoms with Gasteiger partial charge in [-0.1, -0.05) is 62.5 Å². The van der Waals surface area contributed by atoms with E-state index in [1.165, 1.54) is 0 Å². The quantitative estimate of drug-likeness (QED) is 0.294. The van der Waals surface area contributed by atoms with Crippen molar-refractivity contribution in [1.29, 1.82) is 0 Å². The van der Waals surface area contributed by atoms with Crippen molar-refractivity contribution >= 4 is 0 Å². The van der Waals surface area contributed by atoms with Gasteiger partial charge in [-0.05, 0) is 38.8 Å². The molecule has 0 rings (SSSR count). The van der Waals surface area contributed by atoms with Gasteiger partial charge in [0, 0.05) is 0 Å². The molecule has 0 fully saturated rings. The van der Waals surface area contributed by atoms with Crippen LogP contribution in [0.4, 0.5) is 0 Å². The normalized spacial score (nSPS) is 15.8. The zero-order valence-corrected chi connectivity index (χ0v) is 13.4. The van der Waals surface area contributed by atoms with Crippen LogP contribution >= 0.6 is 0 Å². The first kappa shape index (κ1) is 19.8. The SMILES string of the molecule is CC/C=C\C[C@H](O)/C=C/C=C\C=C\[C@@H](O)CCNCCC. The van der Waals surface area contributed by atoms with Gasteiger partial charge < -0.3 is 15.5 Å². The summed E-state index contributed by atoms with van der Waals surface area (Å²) in [7, 11) is 0. The highest BCUT2D eigenvalue weighted by Crippen LogP contribution is 1.97. The lowest BCUT2D eigenvalue weighted by Crippen LogP contribution is -2.20. The van der Waals surface area contributed by atoms with E-state index >= 15 is 0 Å². The van der Waals surface area contributed by atoms with Gasteiger partial charge >= 0.3 is 0 Å². The zero-order chi connectivity index (χ0) is 15.8. The van der Waals surface area contributed by atoms with Crippen LogP contribution in [0.5, 0.6) is 0 Å². The fourth-order valence-corrected chi connectivity index (χ4v) is 1.64. The molecule has 0 unspecified atom stereocenters. The summed E-state index contributed by atoms with van der Waals surface area (Å²) in [6, 6.07) is 0. The van der Waals surface area contributed by atoms with Crippen LogP contribution in [0.15, 0.2) is 48.6 Å². The predicted octanol–water partition coefficient (Wildman–Crippen LogP) is 3.12. The second kappa shape index (κ2) is 15.2. The predicted molar refractivity (Wildman–Crippen MR) is 91.3 cm³/mol. The minimum Gasteiger partial charge on any atom is -0.389 e. The van der Waals surface area contributed by atoms with Gasteiger partial charge in [0.2, 0.25) is 0 Å².